The first-order chi connectivity index (χ1) is 12.3. The van der Waals surface area contributed by atoms with Gasteiger partial charge in [0.15, 0.2) is 6.61 Å². The van der Waals surface area contributed by atoms with Crippen LogP contribution in [-0.2, 0) is 14.3 Å². The zero-order valence-corrected chi connectivity index (χ0v) is 16.6. The van der Waals surface area contributed by atoms with Gasteiger partial charge in [-0.25, -0.2) is 9.59 Å². The molecule has 0 heterocycles. The molecule has 26 heavy (non-hydrogen) atoms. The molecular weight excluding hydrogens is 404 g/mol. The highest BCUT2D eigenvalue weighted by Crippen LogP contribution is 2.24. The summed E-state index contributed by atoms with van der Waals surface area (Å²) >= 11 is 3.33. The molecule has 7 nitrogen and oxygen atoms in total. The summed E-state index contributed by atoms with van der Waals surface area (Å²) in [5.41, 5.74) is 0.674. The topological polar surface area (TPSA) is 93.7 Å². The highest BCUT2D eigenvalue weighted by molar-refractivity contribution is 9.10. The summed E-state index contributed by atoms with van der Waals surface area (Å²) in [6, 6.07) is 4.73. The molecule has 0 saturated heterocycles. The predicted octanol–water partition coefficient (Wildman–Crippen LogP) is 2.89. The molecule has 0 spiro atoms. The van der Waals surface area contributed by atoms with Gasteiger partial charge in [0.1, 0.15) is 5.75 Å². The molecule has 1 aromatic carbocycles. The van der Waals surface area contributed by atoms with E-state index >= 15 is 0 Å². The van der Waals surface area contributed by atoms with E-state index in [0.29, 0.717) is 23.8 Å². The van der Waals surface area contributed by atoms with Crippen LogP contribution in [0.25, 0.3) is 6.08 Å². The maximum absolute atomic E-state index is 11.7. The highest BCUT2D eigenvalue weighted by atomic mass is 79.9. The number of urea groups is 1. The molecule has 3 amide bonds. The third-order valence-corrected chi connectivity index (χ3v) is 3.69. The van der Waals surface area contributed by atoms with Gasteiger partial charge >= 0.3 is 12.0 Å². The zero-order chi connectivity index (χ0) is 19.5. The number of nitrogens with one attached hydrogen (secondary N) is 2. The summed E-state index contributed by atoms with van der Waals surface area (Å²) in [4.78, 5) is 34.7. The fourth-order valence-electron chi connectivity index (χ4n) is 1.86. The monoisotopic (exact) mass is 426 g/mol. The maximum Gasteiger partial charge on any atom is 0.331 e. The molecule has 1 rings (SSSR count). The van der Waals surface area contributed by atoms with Crippen LogP contribution in [0.5, 0.6) is 5.75 Å². The van der Waals surface area contributed by atoms with Gasteiger partial charge in [0.05, 0.1) is 7.11 Å². The molecule has 0 radical (unpaired) electrons. The lowest BCUT2D eigenvalue weighted by Crippen LogP contribution is -2.41. The minimum atomic E-state index is -0.706. The number of benzene rings is 1. The number of carbonyl (C=O) groups excluding carboxylic acids is 3. The molecule has 0 unspecified atom stereocenters. The Morgan fingerprint density at radius 2 is 2.00 bits per heavy atom. The van der Waals surface area contributed by atoms with Crippen molar-refractivity contribution >= 4 is 39.9 Å². The number of methoxy groups -OCH3 is 1. The van der Waals surface area contributed by atoms with Crippen LogP contribution >= 0.6 is 15.9 Å². The average Bonchev–Trinajstić information content (AvgIpc) is 2.57. The Morgan fingerprint density at radius 3 is 2.65 bits per heavy atom. The van der Waals surface area contributed by atoms with Crippen LogP contribution in [0.4, 0.5) is 4.79 Å². The van der Waals surface area contributed by atoms with E-state index in [1.165, 1.54) is 19.3 Å². The molecule has 0 aliphatic carbocycles. The Bertz CT molecular complexity index is 674. The van der Waals surface area contributed by atoms with E-state index in [0.717, 1.165) is 10.9 Å². The number of halogens is 1. The first-order valence-electron chi connectivity index (χ1n) is 8.08. The second-order valence-electron chi connectivity index (χ2n) is 5.81. The number of ether oxygens (including phenoxy) is 2. The van der Waals surface area contributed by atoms with Crippen LogP contribution in [-0.4, -0.2) is 38.2 Å². The summed E-state index contributed by atoms with van der Waals surface area (Å²) in [6.45, 7) is 3.98. The van der Waals surface area contributed by atoms with Gasteiger partial charge in [-0.1, -0.05) is 29.8 Å². The molecular formula is C18H23BrN2O5. The fourth-order valence-corrected chi connectivity index (χ4v) is 2.24. The third-order valence-electron chi connectivity index (χ3n) is 3.20. The van der Waals surface area contributed by atoms with Crippen molar-refractivity contribution in [1.29, 1.82) is 0 Å². The van der Waals surface area contributed by atoms with Crippen LogP contribution in [0, 0.1) is 5.92 Å². The summed E-state index contributed by atoms with van der Waals surface area (Å²) in [6.07, 6.45) is 3.50. The summed E-state index contributed by atoms with van der Waals surface area (Å²) in [7, 11) is 1.52. The molecule has 2 N–H and O–H groups in total. The summed E-state index contributed by atoms with van der Waals surface area (Å²) < 4.78 is 10.8. The lowest BCUT2D eigenvalue weighted by molar-refractivity contribution is -0.143. The van der Waals surface area contributed by atoms with Gasteiger partial charge in [-0.05, 0) is 36.6 Å². The molecule has 0 atom stereocenters. The van der Waals surface area contributed by atoms with Gasteiger partial charge in [-0.15, -0.1) is 0 Å². The summed E-state index contributed by atoms with van der Waals surface area (Å²) in [5.74, 6) is -0.369. The van der Waals surface area contributed by atoms with Crippen molar-refractivity contribution in [2.45, 2.75) is 20.3 Å². The Kier molecular flexibility index (Phi) is 9.43. The smallest absolute Gasteiger partial charge is 0.331 e. The van der Waals surface area contributed by atoms with Gasteiger partial charge in [0.25, 0.3) is 5.91 Å². The standard InChI is InChI=1S/C18H23BrN2O5/c1-12(2)8-9-20-18(24)21-16(22)11-26-17(23)7-4-13-10-14(19)5-6-15(13)25-3/h4-7,10,12H,8-9,11H2,1-3H3,(H2,20,21,22,24)/b7-4+. The quantitative estimate of drug-likeness (QED) is 0.492. The normalized spacial score (nSPS) is 10.7. The van der Waals surface area contributed by atoms with Gasteiger partial charge in [0.2, 0.25) is 0 Å². The Hall–Kier alpha value is -2.35. The number of rotatable bonds is 8. The van der Waals surface area contributed by atoms with E-state index in [1.807, 2.05) is 19.9 Å². The zero-order valence-electron chi connectivity index (χ0n) is 15.0. The third kappa shape index (κ3) is 8.66. The van der Waals surface area contributed by atoms with Crippen molar-refractivity contribution in [1.82, 2.24) is 10.6 Å². The SMILES string of the molecule is COc1ccc(Br)cc1/C=C/C(=O)OCC(=O)NC(=O)NCCC(C)C. The highest BCUT2D eigenvalue weighted by Gasteiger charge is 2.10. The summed E-state index contributed by atoms with van der Waals surface area (Å²) in [5, 5.41) is 4.65. The second-order valence-corrected chi connectivity index (χ2v) is 6.73. The number of carbonyl (C=O) groups is 3. The van der Waals surface area contributed by atoms with Crippen LogP contribution < -0.4 is 15.4 Å². The molecule has 0 aliphatic rings. The number of imide groups is 1. The number of esters is 1. The van der Waals surface area contributed by atoms with Gasteiger partial charge in [-0.3, -0.25) is 10.1 Å². The van der Waals surface area contributed by atoms with Gasteiger partial charge in [-0.2, -0.15) is 0 Å². The van der Waals surface area contributed by atoms with Crippen LogP contribution in [0.2, 0.25) is 0 Å². The first-order valence-corrected chi connectivity index (χ1v) is 8.87. The molecule has 0 bridgehead atoms. The second kappa shape index (κ2) is 11.3. The predicted molar refractivity (Wildman–Crippen MR) is 102 cm³/mol. The lowest BCUT2D eigenvalue weighted by Gasteiger charge is -2.08. The minimum absolute atomic E-state index is 0.447. The average molecular weight is 427 g/mol. The van der Waals surface area contributed by atoms with E-state index in [2.05, 4.69) is 26.6 Å². The van der Waals surface area contributed by atoms with Crippen LogP contribution in [0.1, 0.15) is 25.8 Å². The number of hydrogen-bond acceptors (Lipinski definition) is 5. The van der Waals surface area contributed by atoms with Crippen molar-refractivity contribution in [3.8, 4) is 5.75 Å². The Balaban J connectivity index is 2.41. The van der Waals surface area contributed by atoms with Crippen molar-refractivity contribution in [2.24, 2.45) is 5.92 Å². The van der Waals surface area contributed by atoms with Gasteiger partial charge in [0, 0.05) is 22.7 Å². The molecule has 0 fully saturated rings. The van der Waals surface area contributed by atoms with Gasteiger partial charge < -0.3 is 14.8 Å². The lowest BCUT2D eigenvalue weighted by atomic mass is 10.1. The van der Waals surface area contributed by atoms with E-state index in [-0.39, 0.29) is 0 Å². The number of amides is 3. The minimum Gasteiger partial charge on any atom is -0.496 e. The van der Waals surface area contributed by atoms with E-state index in [9.17, 15) is 14.4 Å². The fraction of sp³-hybridized carbons (Fsp3) is 0.389. The number of hydrogen-bond donors (Lipinski definition) is 2. The van der Waals surface area contributed by atoms with Crippen molar-refractivity contribution in [2.75, 3.05) is 20.3 Å². The van der Waals surface area contributed by atoms with Crippen LogP contribution in [0.15, 0.2) is 28.7 Å². The molecule has 0 aliphatic heterocycles. The molecule has 142 valence electrons. The van der Waals surface area contributed by atoms with E-state index in [4.69, 9.17) is 9.47 Å². The Labute approximate surface area is 161 Å². The molecule has 8 heteroatoms. The van der Waals surface area contributed by atoms with Crippen molar-refractivity contribution in [3.63, 3.8) is 0 Å². The van der Waals surface area contributed by atoms with Crippen LogP contribution in [0.3, 0.4) is 0 Å². The van der Waals surface area contributed by atoms with Crippen molar-refractivity contribution in [3.05, 3.63) is 34.3 Å². The largest absolute Gasteiger partial charge is 0.496 e. The maximum atomic E-state index is 11.7. The van der Waals surface area contributed by atoms with E-state index in [1.54, 1.807) is 12.1 Å². The molecule has 0 saturated carbocycles. The molecule has 1 aromatic rings. The van der Waals surface area contributed by atoms with E-state index < -0.39 is 24.5 Å². The van der Waals surface area contributed by atoms with Crippen molar-refractivity contribution < 1.29 is 23.9 Å². The first kappa shape index (κ1) is 21.7. The molecule has 0 aromatic heterocycles. The Morgan fingerprint density at radius 1 is 1.27 bits per heavy atom.